The van der Waals surface area contributed by atoms with E-state index in [1.165, 1.54) is 25.7 Å². The smallest absolute Gasteiger partial charge is 0.0544 e. The Bertz CT molecular complexity index is 390. The van der Waals surface area contributed by atoms with Crippen LogP contribution < -0.4 is 5.73 Å². The predicted octanol–water partition coefficient (Wildman–Crippen LogP) is 2.81. The fraction of sp³-hybridized carbons (Fsp3) is 0.688. The minimum atomic E-state index is 0.160. The van der Waals surface area contributed by atoms with Crippen LogP contribution in [0.25, 0.3) is 0 Å². The normalized spacial score (nSPS) is 21.5. The SMILES string of the molecule is CN(Cc1ccccn1)C1(CN)CCC(C)(C)CC1. The number of nitrogens with two attached hydrogens (primary N) is 1. The van der Waals surface area contributed by atoms with E-state index in [1.807, 2.05) is 12.3 Å². The number of likely N-dealkylation sites (N-methyl/N-ethyl adjacent to an activating group) is 1. The molecule has 1 fully saturated rings. The van der Waals surface area contributed by atoms with Gasteiger partial charge in [-0.3, -0.25) is 9.88 Å². The highest BCUT2D eigenvalue weighted by molar-refractivity contribution is 5.05. The zero-order valence-electron chi connectivity index (χ0n) is 12.5. The first-order valence-corrected chi connectivity index (χ1v) is 7.29. The Morgan fingerprint density at radius 2 is 1.89 bits per heavy atom. The van der Waals surface area contributed by atoms with E-state index in [1.54, 1.807) is 0 Å². The number of aromatic nitrogens is 1. The van der Waals surface area contributed by atoms with Crippen LogP contribution in [-0.2, 0) is 6.54 Å². The van der Waals surface area contributed by atoms with Crippen molar-refractivity contribution in [2.24, 2.45) is 11.1 Å². The van der Waals surface area contributed by atoms with Crippen molar-refractivity contribution >= 4 is 0 Å². The van der Waals surface area contributed by atoms with Crippen molar-refractivity contribution in [3.63, 3.8) is 0 Å². The van der Waals surface area contributed by atoms with Gasteiger partial charge in [0.2, 0.25) is 0 Å². The summed E-state index contributed by atoms with van der Waals surface area (Å²) in [4.78, 5) is 6.85. The molecule has 1 aromatic rings. The molecule has 1 aliphatic carbocycles. The third kappa shape index (κ3) is 3.34. The van der Waals surface area contributed by atoms with Gasteiger partial charge in [0.25, 0.3) is 0 Å². The molecule has 3 heteroatoms. The van der Waals surface area contributed by atoms with E-state index < -0.39 is 0 Å². The maximum atomic E-state index is 6.12. The van der Waals surface area contributed by atoms with Crippen LogP contribution in [0.4, 0.5) is 0 Å². The predicted molar refractivity (Wildman–Crippen MR) is 79.7 cm³/mol. The van der Waals surface area contributed by atoms with E-state index in [0.717, 1.165) is 18.8 Å². The first kappa shape index (κ1) is 14.5. The summed E-state index contributed by atoms with van der Waals surface area (Å²) in [6.45, 7) is 6.36. The minimum absolute atomic E-state index is 0.160. The van der Waals surface area contributed by atoms with Crippen LogP contribution in [0.5, 0.6) is 0 Å². The molecule has 106 valence electrons. The van der Waals surface area contributed by atoms with Crippen molar-refractivity contribution in [2.75, 3.05) is 13.6 Å². The summed E-state index contributed by atoms with van der Waals surface area (Å²) in [5.74, 6) is 0. The molecule has 0 radical (unpaired) electrons. The molecule has 19 heavy (non-hydrogen) atoms. The van der Waals surface area contributed by atoms with Crippen molar-refractivity contribution < 1.29 is 0 Å². The Balaban J connectivity index is 2.05. The van der Waals surface area contributed by atoms with Crippen LogP contribution in [0, 0.1) is 5.41 Å². The molecule has 0 spiro atoms. The van der Waals surface area contributed by atoms with Crippen LogP contribution >= 0.6 is 0 Å². The molecule has 2 rings (SSSR count). The summed E-state index contributed by atoms with van der Waals surface area (Å²) in [5, 5.41) is 0. The lowest BCUT2D eigenvalue weighted by Gasteiger charge is -2.48. The first-order chi connectivity index (χ1) is 8.97. The highest BCUT2D eigenvalue weighted by Gasteiger charge is 2.40. The summed E-state index contributed by atoms with van der Waals surface area (Å²) >= 11 is 0. The Morgan fingerprint density at radius 3 is 2.42 bits per heavy atom. The van der Waals surface area contributed by atoms with Gasteiger partial charge in [-0.1, -0.05) is 19.9 Å². The molecule has 0 atom stereocenters. The van der Waals surface area contributed by atoms with Gasteiger partial charge >= 0.3 is 0 Å². The van der Waals surface area contributed by atoms with Gasteiger partial charge < -0.3 is 5.73 Å². The molecule has 0 bridgehead atoms. The number of hydrogen-bond donors (Lipinski definition) is 1. The molecule has 0 saturated heterocycles. The molecule has 0 aliphatic heterocycles. The van der Waals surface area contributed by atoms with Gasteiger partial charge in [0.1, 0.15) is 0 Å². The summed E-state index contributed by atoms with van der Waals surface area (Å²) in [6.07, 6.45) is 6.77. The largest absolute Gasteiger partial charge is 0.329 e. The topological polar surface area (TPSA) is 42.2 Å². The van der Waals surface area contributed by atoms with Crippen molar-refractivity contribution in [1.82, 2.24) is 9.88 Å². The van der Waals surface area contributed by atoms with E-state index in [4.69, 9.17) is 5.73 Å². The molecular formula is C16H27N3. The maximum Gasteiger partial charge on any atom is 0.0544 e. The zero-order chi connectivity index (χ0) is 13.9. The van der Waals surface area contributed by atoms with Gasteiger partial charge in [0.05, 0.1) is 5.69 Å². The van der Waals surface area contributed by atoms with Crippen LogP contribution in [0.3, 0.4) is 0 Å². The van der Waals surface area contributed by atoms with Gasteiger partial charge in [-0.2, -0.15) is 0 Å². The highest BCUT2D eigenvalue weighted by Crippen LogP contribution is 2.42. The Morgan fingerprint density at radius 1 is 1.21 bits per heavy atom. The van der Waals surface area contributed by atoms with Crippen LogP contribution in [-0.4, -0.2) is 29.0 Å². The summed E-state index contributed by atoms with van der Waals surface area (Å²) in [6, 6.07) is 6.11. The van der Waals surface area contributed by atoms with Crippen LogP contribution in [0.1, 0.15) is 45.2 Å². The standard InChI is InChI=1S/C16H27N3/c1-15(2)7-9-16(13-17,10-8-15)19(3)12-14-6-4-5-11-18-14/h4-6,11H,7-10,12-13,17H2,1-3H3. The van der Waals surface area contributed by atoms with E-state index >= 15 is 0 Å². The van der Waals surface area contributed by atoms with E-state index in [0.29, 0.717) is 5.41 Å². The number of rotatable bonds is 4. The van der Waals surface area contributed by atoms with Crippen molar-refractivity contribution in [3.05, 3.63) is 30.1 Å². The van der Waals surface area contributed by atoms with Crippen LogP contribution in [0.15, 0.2) is 24.4 Å². The third-order valence-electron chi connectivity index (χ3n) is 4.85. The monoisotopic (exact) mass is 261 g/mol. The lowest BCUT2D eigenvalue weighted by atomic mass is 9.69. The quantitative estimate of drug-likeness (QED) is 0.906. The summed E-state index contributed by atoms with van der Waals surface area (Å²) < 4.78 is 0. The van der Waals surface area contributed by atoms with Gasteiger partial charge in [-0.25, -0.2) is 0 Å². The molecule has 0 unspecified atom stereocenters. The van der Waals surface area contributed by atoms with Crippen molar-refractivity contribution in [3.8, 4) is 0 Å². The summed E-state index contributed by atoms with van der Waals surface area (Å²) in [7, 11) is 2.19. The third-order valence-corrected chi connectivity index (χ3v) is 4.85. The van der Waals surface area contributed by atoms with Crippen LogP contribution in [0.2, 0.25) is 0 Å². The molecule has 3 nitrogen and oxygen atoms in total. The zero-order valence-corrected chi connectivity index (χ0v) is 12.5. The second-order valence-corrected chi connectivity index (χ2v) is 6.77. The average Bonchev–Trinajstić information content (AvgIpc) is 2.40. The number of pyridine rings is 1. The highest BCUT2D eigenvalue weighted by atomic mass is 15.2. The van der Waals surface area contributed by atoms with Gasteiger partial charge in [0, 0.05) is 24.8 Å². The molecule has 2 N–H and O–H groups in total. The van der Waals surface area contributed by atoms with Crippen molar-refractivity contribution in [1.29, 1.82) is 0 Å². The van der Waals surface area contributed by atoms with Crippen molar-refractivity contribution in [2.45, 2.75) is 51.6 Å². The molecule has 1 saturated carbocycles. The number of hydrogen-bond acceptors (Lipinski definition) is 3. The fourth-order valence-corrected chi connectivity index (χ4v) is 3.04. The van der Waals surface area contributed by atoms with Gasteiger partial charge in [-0.15, -0.1) is 0 Å². The molecular weight excluding hydrogens is 234 g/mol. The summed E-state index contributed by atoms with van der Waals surface area (Å²) in [5.41, 5.74) is 7.88. The maximum absolute atomic E-state index is 6.12. The van der Waals surface area contributed by atoms with Gasteiger partial charge in [0.15, 0.2) is 0 Å². The Kier molecular flexibility index (Phi) is 4.26. The van der Waals surface area contributed by atoms with E-state index in [9.17, 15) is 0 Å². The second kappa shape index (κ2) is 5.59. The molecule has 1 heterocycles. The molecule has 1 aromatic heterocycles. The molecule has 0 aromatic carbocycles. The lowest BCUT2D eigenvalue weighted by Crippen LogP contribution is -2.54. The Labute approximate surface area is 117 Å². The molecule has 0 amide bonds. The Hall–Kier alpha value is -0.930. The molecule has 1 aliphatic rings. The fourth-order valence-electron chi connectivity index (χ4n) is 3.04. The average molecular weight is 261 g/mol. The second-order valence-electron chi connectivity index (χ2n) is 6.77. The van der Waals surface area contributed by atoms with Gasteiger partial charge in [-0.05, 0) is 50.3 Å². The minimum Gasteiger partial charge on any atom is -0.329 e. The van der Waals surface area contributed by atoms with E-state index in [-0.39, 0.29) is 5.54 Å². The van der Waals surface area contributed by atoms with E-state index in [2.05, 4.69) is 42.9 Å². The lowest BCUT2D eigenvalue weighted by molar-refractivity contribution is 0.0356. The first-order valence-electron chi connectivity index (χ1n) is 7.29. The number of nitrogens with zero attached hydrogens (tertiary/aromatic N) is 2.